The molecule has 0 saturated heterocycles. The van der Waals surface area contributed by atoms with Gasteiger partial charge in [-0.2, -0.15) is 0 Å². The lowest BCUT2D eigenvalue weighted by atomic mass is 10.0. The Labute approximate surface area is 160 Å². The lowest BCUT2D eigenvalue weighted by molar-refractivity contribution is -0.129. The molecule has 0 aliphatic carbocycles. The third-order valence-corrected chi connectivity index (χ3v) is 4.18. The summed E-state index contributed by atoms with van der Waals surface area (Å²) in [7, 11) is 0. The minimum atomic E-state index is -0.359. The summed E-state index contributed by atoms with van der Waals surface area (Å²) < 4.78 is 0. The molecule has 2 rings (SSSR count). The van der Waals surface area contributed by atoms with E-state index in [4.69, 9.17) is 5.21 Å². The maximum absolute atomic E-state index is 12.7. The number of carbonyl (C=O) groups is 2. The fourth-order valence-electron chi connectivity index (χ4n) is 2.73. The molecule has 0 fully saturated rings. The SMILES string of the molecule is O=C(CCCCCCNC(=O)/C(=C\c1ccccc1)c1ccccc1)NO. The van der Waals surface area contributed by atoms with Gasteiger partial charge in [-0.3, -0.25) is 14.8 Å². The molecule has 3 N–H and O–H groups in total. The van der Waals surface area contributed by atoms with Gasteiger partial charge in [0.2, 0.25) is 5.91 Å². The fourth-order valence-corrected chi connectivity index (χ4v) is 2.73. The van der Waals surface area contributed by atoms with Crippen LogP contribution in [0.1, 0.15) is 43.2 Å². The van der Waals surface area contributed by atoms with Crippen molar-refractivity contribution in [2.45, 2.75) is 32.1 Å². The van der Waals surface area contributed by atoms with Gasteiger partial charge in [-0.15, -0.1) is 0 Å². The van der Waals surface area contributed by atoms with E-state index in [1.165, 1.54) is 0 Å². The molecule has 0 bridgehead atoms. The lowest BCUT2D eigenvalue weighted by Gasteiger charge is -2.10. The number of amides is 2. The Kier molecular flexibility index (Phi) is 8.80. The molecule has 0 aliphatic rings. The maximum Gasteiger partial charge on any atom is 0.251 e. The van der Waals surface area contributed by atoms with E-state index in [2.05, 4.69) is 5.32 Å². The summed E-state index contributed by atoms with van der Waals surface area (Å²) in [5.74, 6) is -0.452. The molecule has 0 aliphatic heterocycles. The molecule has 2 amide bonds. The monoisotopic (exact) mass is 366 g/mol. The van der Waals surface area contributed by atoms with Crippen LogP contribution in [0.2, 0.25) is 0 Å². The highest BCUT2D eigenvalue weighted by atomic mass is 16.5. The van der Waals surface area contributed by atoms with Crippen LogP contribution in [0.5, 0.6) is 0 Å². The van der Waals surface area contributed by atoms with Crippen molar-refractivity contribution >= 4 is 23.5 Å². The summed E-state index contributed by atoms with van der Waals surface area (Å²) in [6.45, 7) is 0.587. The van der Waals surface area contributed by atoms with E-state index in [0.29, 0.717) is 18.5 Å². The van der Waals surface area contributed by atoms with E-state index in [0.717, 1.165) is 36.8 Å². The Morgan fingerprint density at radius 3 is 2.15 bits per heavy atom. The molecule has 0 unspecified atom stereocenters. The standard InChI is InChI=1S/C22H26N2O3/c25-21(24-27)15-9-1-2-10-16-23-22(26)20(19-13-7-4-8-14-19)17-18-11-5-3-6-12-18/h3-8,11-14,17,27H,1-2,9-10,15-16H2,(H,23,26)(H,24,25)/b20-17-. The first kappa shape index (κ1) is 20.4. The fraction of sp³-hybridized carbons (Fsp3) is 0.273. The third-order valence-electron chi connectivity index (χ3n) is 4.18. The van der Waals surface area contributed by atoms with Gasteiger partial charge in [-0.25, -0.2) is 5.48 Å². The summed E-state index contributed by atoms with van der Waals surface area (Å²) in [5.41, 5.74) is 4.13. The van der Waals surface area contributed by atoms with Crippen molar-refractivity contribution < 1.29 is 14.8 Å². The Bertz CT molecular complexity index is 743. The lowest BCUT2D eigenvalue weighted by Crippen LogP contribution is -2.25. The molecule has 0 spiro atoms. The number of benzene rings is 2. The second kappa shape index (κ2) is 11.6. The summed E-state index contributed by atoms with van der Waals surface area (Å²) in [6.07, 6.45) is 5.60. The molecular formula is C22H26N2O3. The minimum Gasteiger partial charge on any atom is -0.352 e. The van der Waals surface area contributed by atoms with Crippen molar-refractivity contribution in [1.82, 2.24) is 10.8 Å². The Hall–Kier alpha value is -2.92. The van der Waals surface area contributed by atoms with Crippen LogP contribution in [-0.4, -0.2) is 23.6 Å². The average molecular weight is 366 g/mol. The molecule has 0 aromatic heterocycles. The molecule has 2 aromatic carbocycles. The largest absolute Gasteiger partial charge is 0.352 e. The zero-order chi connectivity index (χ0) is 19.3. The first-order valence-corrected chi connectivity index (χ1v) is 9.24. The highest BCUT2D eigenvalue weighted by Gasteiger charge is 2.11. The first-order chi connectivity index (χ1) is 13.2. The molecule has 0 heterocycles. The van der Waals surface area contributed by atoms with Crippen LogP contribution in [0.4, 0.5) is 0 Å². The van der Waals surface area contributed by atoms with Gasteiger partial charge in [0.1, 0.15) is 0 Å². The van der Waals surface area contributed by atoms with E-state index >= 15 is 0 Å². The Morgan fingerprint density at radius 1 is 0.852 bits per heavy atom. The normalized spacial score (nSPS) is 11.1. The third kappa shape index (κ3) is 7.46. The molecule has 27 heavy (non-hydrogen) atoms. The predicted molar refractivity (Wildman–Crippen MR) is 107 cm³/mol. The minimum absolute atomic E-state index is 0.0929. The van der Waals surface area contributed by atoms with Crippen LogP contribution in [0, 0.1) is 0 Å². The summed E-state index contributed by atoms with van der Waals surface area (Å²) in [4.78, 5) is 23.6. The van der Waals surface area contributed by atoms with Gasteiger partial charge >= 0.3 is 0 Å². The van der Waals surface area contributed by atoms with Crippen molar-refractivity contribution in [3.05, 3.63) is 71.8 Å². The highest BCUT2D eigenvalue weighted by molar-refractivity contribution is 6.24. The van der Waals surface area contributed by atoms with Crippen molar-refractivity contribution in [2.24, 2.45) is 0 Å². The zero-order valence-electron chi connectivity index (χ0n) is 15.4. The zero-order valence-corrected chi connectivity index (χ0v) is 15.4. The number of hydrogen-bond donors (Lipinski definition) is 3. The van der Waals surface area contributed by atoms with E-state index in [1.807, 2.05) is 66.7 Å². The smallest absolute Gasteiger partial charge is 0.251 e. The van der Waals surface area contributed by atoms with Crippen molar-refractivity contribution in [2.75, 3.05) is 6.54 Å². The van der Waals surface area contributed by atoms with Crippen molar-refractivity contribution in [3.63, 3.8) is 0 Å². The predicted octanol–water partition coefficient (Wildman–Crippen LogP) is 3.80. The first-order valence-electron chi connectivity index (χ1n) is 9.24. The summed E-state index contributed by atoms with van der Waals surface area (Å²) in [6, 6.07) is 19.4. The molecule has 5 heteroatoms. The number of hydroxylamine groups is 1. The Morgan fingerprint density at radius 2 is 1.48 bits per heavy atom. The van der Waals surface area contributed by atoms with Gasteiger partial charge in [-0.1, -0.05) is 73.5 Å². The topological polar surface area (TPSA) is 78.4 Å². The van der Waals surface area contributed by atoms with Gasteiger partial charge < -0.3 is 5.32 Å². The molecule has 0 saturated carbocycles. The quantitative estimate of drug-likeness (QED) is 0.197. The van der Waals surface area contributed by atoms with Crippen molar-refractivity contribution in [3.8, 4) is 0 Å². The Balaban J connectivity index is 1.88. The van der Waals surface area contributed by atoms with Crippen LogP contribution in [-0.2, 0) is 9.59 Å². The van der Waals surface area contributed by atoms with E-state index in [1.54, 1.807) is 5.48 Å². The molecular weight excluding hydrogens is 340 g/mol. The van der Waals surface area contributed by atoms with E-state index < -0.39 is 0 Å². The molecule has 2 aromatic rings. The van der Waals surface area contributed by atoms with Crippen LogP contribution < -0.4 is 10.8 Å². The number of hydrogen-bond acceptors (Lipinski definition) is 3. The van der Waals surface area contributed by atoms with E-state index in [-0.39, 0.29) is 11.8 Å². The number of rotatable bonds is 10. The van der Waals surface area contributed by atoms with Gasteiger partial charge in [0.15, 0.2) is 0 Å². The summed E-state index contributed by atoms with van der Waals surface area (Å²) >= 11 is 0. The van der Waals surface area contributed by atoms with Crippen LogP contribution in [0.15, 0.2) is 60.7 Å². The molecule has 142 valence electrons. The molecule has 0 atom stereocenters. The number of unbranched alkanes of at least 4 members (excludes halogenated alkanes) is 3. The summed E-state index contributed by atoms with van der Waals surface area (Å²) in [5, 5.41) is 11.4. The van der Waals surface area contributed by atoms with Gasteiger partial charge in [0.25, 0.3) is 5.91 Å². The molecule has 0 radical (unpaired) electrons. The van der Waals surface area contributed by atoms with Gasteiger partial charge in [0.05, 0.1) is 0 Å². The van der Waals surface area contributed by atoms with Crippen molar-refractivity contribution in [1.29, 1.82) is 0 Å². The van der Waals surface area contributed by atoms with Crippen LogP contribution in [0.25, 0.3) is 11.6 Å². The van der Waals surface area contributed by atoms with Gasteiger partial charge in [0, 0.05) is 18.5 Å². The second-order valence-corrected chi connectivity index (χ2v) is 6.29. The van der Waals surface area contributed by atoms with Gasteiger partial charge in [-0.05, 0) is 30.0 Å². The number of carbonyl (C=O) groups excluding carboxylic acids is 2. The number of nitrogens with one attached hydrogen (secondary N) is 2. The van der Waals surface area contributed by atoms with E-state index in [9.17, 15) is 9.59 Å². The van der Waals surface area contributed by atoms with Crippen LogP contribution in [0.3, 0.4) is 0 Å². The molecule has 5 nitrogen and oxygen atoms in total. The highest BCUT2D eigenvalue weighted by Crippen LogP contribution is 2.18. The second-order valence-electron chi connectivity index (χ2n) is 6.29. The maximum atomic E-state index is 12.7. The van der Waals surface area contributed by atoms with Crippen LogP contribution >= 0.6 is 0 Å². The average Bonchev–Trinajstić information content (AvgIpc) is 2.72.